The molecule has 0 bridgehead atoms. The molecule has 2 rings (SSSR count). The van der Waals surface area contributed by atoms with Gasteiger partial charge in [-0.3, -0.25) is 4.90 Å². The Morgan fingerprint density at radius 1 is 1.47 bits per heavy atom. The van der Waals surface area contributed by atoms with E-state index in [1.165, 1.54) is 18.0 Å². The standard InChI is InChI=1S/C14H22N2S/c1-5-11-12-8-9-16(7-3)10-13(12)17-14(11)15(4)6-2/h6H,2,5,7-10H2,1,3-4H3. The average Bonchev–Trinajstić information content (AvgIpc) is 2.74. The first kappa shape index (κ1) is 12.7. The number of likely N-dealkylation sites (N-methyl/N-ethyl adjacent to an activating group) is 1. The largest absolute Gasteiger partial charge is 0.343 e. The van der Waals surface area contributed by atoms with Crippen LogP contribution in [-0.4, -0.2) is 25.0 Å². The molecule has 0 spiro atoms. The minimum absolute atomic E-state index is 1.13. The lowest BCUT2D eigenvalue weighted by Crippen LogP contribution is -2.29. The van der Waals surface area contributed by atoms with Gasteiger partial charge in [-0.05, 0) is 36.7 Å². The second-order valence-electron chi connectivity index (χ2n) is 4.55. The Hall–Kier alpha value is -0.800. The highest BCUT2D eigenvalue weighted by Gasteiger charge is 2.23. The van der Waals surface area contributed by atoms with Crippen LogP contribution in [0, 0.1) is 0 Å². The number of anilines is 1. The summed E-state index contributed by atoms with van der Waals surface area (Å²) in [7, 11) is 2.10. The van der Waals surface area contributed by atoms with Crippen LogP contribution >= 0.6 is 11.3 Å². The zero-order chi connectivity index (χ0) is 12.4. The molecule has 0 fully saturated rings. The van der Waals surface area contributed by atoms with E-state index in [9.17, 15) is 0 Å². The van der Waals surface area contributed by atoms with Gasteiger partial charge in [0.2, 0.25) is 0 Å². The molecular weight excluding hydrogens is 228 g/mol. The minimum Gasteiger partial charge on any atom is -0.343 e. The lowest BCUT2D eigenvalue weighted by molar-refractivity contribution is 0.271. The van der Waals surface area contributed by atoms with Gasteiger partial charge in [0.1, 0.15) is 0 Å². The van der Waals surface area contributed by atoms with Crippen molar-refractivity contribution in [3.05, 3.63) is 28.8 Å². The van der Waals surface area contributed by atoms with E-state index < -0.39 is 0 Å². The maximum Gasteiger partial charge on any atom is 0.0984 e. The Labute approximate surface area is 109 Å². The Kier molecular flexibility index (Phi) is 3.89. The van der Waals surface area contributed by atoms with Gasteiger partial charge in [0.15, 0.2) is 0 Å². The first-order valence-electron chi connectivity index (χ1n) is 6.42. The third-order valence-electron chi connectivity index (χ3n) is 3.62. The molecule has 17 heavy (non-hydrogen) atoms. The summed E-state index contributed by atoms with van der Waals surface area (Å²) in [5.74, 6) is 0. The highest BCUT2D eigenvalue weighted by atomic mass is 32.1. The minimum atomic E-state index is 1.13. The molecule has 0 amide bonds. The Balaban J connectivity index is 2.38. The Morgan fingerprint density at radius 3 is 2.82 bits per heavy atom. The van der Waals surface area contributed by atoms with E-state index in [-0.39, 0.29) is 0 Å². The molecule has 2 nitrogen and oxygen atoms in total. The predicted molar refractivity (Wildman–Crippen MR) is 77.0 cm³/mol. The predicted octanol–water partition coefficient (Wildman–Crippen LogP) is 3.27. The summed E-state index contributed by atoms with van der Waals surface area (Å²) >= 11 is 1.95. The van der Waals surface area contributed by atoms with E-state index >= 15 is 0 Å². The highest BCUT2D eigenvalue weighted by molar-refractivity contribution is 7.16. The van der Waals surface area contributed by atoms with Crippen molar-refractivity contribution in [2.24, 2.45) is 0 Å². The second-order valence-corrected chi connectivity index (χ2v) is 5.64. The monoisotopic (exact) mass is 250 g/mol. The molecule has 2 heterocycles. The zero-order valence-electron chi connectivity index (χ0n) is 11.1. The van der Waals surface area contributed by atoms with Crippen LogP contribution in [-0.2, 0) is 19.4 Å². The average molecular weight is 250 g/mol. The van der Waals surface area contributed by atoms with Crippen LogP contribution in [0.1, 0.15) is 29.9 Å². The molecule has 0 saturated heterocycles. The topological polar surface area (TPSA) is 6.48 Å². The van der Waals surface area contributed by atoms with Gasteiger partial charge in [0.05, 0.1) is 5.00 Å². The Bertz CT molecular complexity index is 409. The van der Waals surface area contributed by atoms with E-state index in [4.69, 9.17) is 0 Å². The molecule has 0 aromatic carbocycles. The highest BCUT2D eigenvalue weighted by Crippen LogP contribution is 2.39. The first-order chi connectivity index (χ1) is 8.21. The third kappa shape index (κ3) is 2.26. The first-order valence-corrected chi connectivity index (χ1v) is 7.24. The summed E-state index contributed by atoms with van der Waals surface area (Å²) in [5, 5.41) is 1.39. The summed E-state index contributed by atoms with van der Waals surface area (Å²) in [4.78, 5) is 6.26. The van der Waals surface area contributed by atoms with Gasteiger partial charge in [-0.1, -0.05) is 20.4 Å². The van der Waals surface area contributed by atoms with E-state index in [0.717, 1.165) is 19.5 Å². The van der Waals surface area contributed by atoms with Gasteiger partial charge in [0.25, 0.3) is 0 Å². The maximum atomic E-state index is 3.87. The smallest absolute Gasteiger partial charge is 0.0984 e. The zero-order valence-corrected chi connectivity index (χ0v) is 11.9. The van der Waals surface area contributed by atoms with E-state index in [1.54, 1.807) is 16.0 Å². The van der Waals surface area contributed by atoms with E-state index in [2.05, 4.69) is 37.3 Å². The summed E-state index contributed by atoms with van der Waals surface area (Å²) in [6.07, 6.45) is 4.26. The van der Waals surface area contributed by atoms with Gasteiger partial charge in [-0.15, -0.1) is 11.3 Å². The summed E-state index contributed by atoms with van der Waals surface area (Å²) < 4.78 is 0. The van der Waals surface area contributed by atoms with Crippen molar-refractivity contribution in [1.82, 2.24) is 4.90 Å². The molecule has 1 aromatic heterocycles. The number of thiophene rings is 1. The van der Waals surface area contributed by atoms with Crippen LogP contribution in [0.5, 0.6) is 0 Å². The SMILES string of the molecule is C=CN(C)c1sc2c(c1CC)CCN(CC)C2. The van der Waals surface area contributed by atoms with Crippen molar-refractivity contribution < 1.29 is 0 Å². The molecule has 94 valence electrons. The lowest BCUT2D eigenvalue weighted by atomic mass is 10.0. The number of hydrogen-bond donors (Lipinski definition) is 0. The van der Waals surface area contributed by atoms with Crippen LogP contribution in [0.2, 0.25) is 0 Å². The lowest BCUT2D eigenvalue weighted by Gasteiger charge is -2.25. The van der Waals surface area contributed by atoms with Gasteiger partial charge in [-0.25, -0.2) is 0 Å². The molecule has 0 N–H and O–H groups in total. The van der Waals surface area contributed by atoms with E-state index in [1.807, 2.05) is 17.5 Å². The van der Waals surface area contributed by atoms with Crippen LogP contribution in [0.15, 0.2) is 12.8 Å². The number of nitrogens with zero attached hydrogens (tertiary/aromatic N) is 2. The molecule has 0 unspecified atom stereocenters. The summed E-state index contributed by atoms with van der Waals surface area (Å²) in [6, 6.07) is 0. The van der Waals surface area contributed by atoms with Gasteiger partial charge in [0, 0.05) is 25.0 Å². The molecule has 0 aliphatic carbocycles. The fourth-order valence-electron chi connectivity index (χ4n) is 2.51. The summed E-state index contributed by atoms with van der Waals surface area (Å²) in [6.45, 7) is 11.9. The molecular formula is C14H22N2S. The molecule has 3 heteroatoms. The van der Waals surface area contributed by atoms with Crippen molar-refractivity contribution in [1.29, 1.82) is 0 Å². The molecule has 1 aliphatic rings. The van der Waals surface area contributed by atoms with Crippen molar-refractivity contribution in [3.63, 3.8) is 0 Å². The van der Waals surface area contributed by atoms with Crippen molar-refractivity contribution in [2.45, 2.75) is 33.2 Å². The van der Waals surface area contributed by atoms with Crippen molar-refractivity contribution in [2.75, 3.05) is 25.0 Å². The van der Waals surface area contributed by atoms with Gasteiger partial charge in [-0.2, -0.15) is 0 Å². The number of fused-ring (bicyclic) bond motifs is 1. The van der Waals surface area contributed by atoms with Gasteiger partial charge < -0.3 is 4.90 Å². The molecule has 0 saturated carbocycles. The fraction of sp³-hybridized carbons (Fsp3) is 0.571. The normalized spacial score (nSPS) is 15.7. The van der Waals surface area contributed by atoms with Crippen LogP contribution in [0.3, 0.4) is 0 Å². The molecule has 1 aliphatic heterocycles. The Morgan fingerprint density at radius 2 is 2.24 bits per heavy atom. The molecule has 0 atom stereocenters. The summed E-state index contributed by atoms with van der Waals surface area (Å²) in [5.41, 5.74) is 3.16. The van der Waals surface area contributed by atoms with Gasteiger partial charge >= 0.3 is 0 Å². The molecule has 0 radical (unpaired) electrons. The second kappa shape index (κ2) is 5.23. The fourth-order valence-corrected chi connectivity index (χ4v) is 3.95. The molecule has 1 aromatic rings. The van der Waals surface area contributed by atoms with Crippen LogP contribution in [0.25, 0.3) is 0 Å². The van der Waals surface area contributed by atoms with Crippen molar-refractivity contribution in [3.8, 4) is 0 Å². The van der Waals surface area contributed by atoms with Crippen molar-refractivity contribution >= 4 is 16.3 Å². The van der Waals surface area contributed by atoms with Crippen LogP contribution in [0.4, 0.5) is 5.00 Å². The third-order valence-corrected chi connectivity index (χ3v) is 4.97. The number of hydrogen-bond acceptors (Lipinski definition) is 3. The van der Waals surface area contributed by atoms with Crippen LogP contribution < -0.4 is 4.90 Å². The quantitative estimate of drug-likeness (QED) is 0.809. The number of rotatable bonds is 4. The maximum absolute atomic E-state index is 3.87. The van der Waals surface area contributed by atoms with E-state index in [0.29, 0.717) is 0 Å².